The molecule has 0 saturated carbocycles. The molecular weight excluding hydrogens is 334 g/mol. The minimum atomic E-state index is -3.58. The van der Waals surface area contributed by atoms with Crippen molar-refractivity contribution < 1.29 is 17.9 Å². The molecule has 2 heterocycles. The Morgan fingerprint density at radius 1 is 1.47 bits per heavy atom. The quantitative estimate of drug-likeness (QED) is 0.907. The second-order valence-corrected chi connectivity index (χ2v) is 7.69. The van der Waals surface area contributed by atoms with Crippen LogP contribution in [0.5, 0.6) is 0 Å². The zero-order valence-corrected chi connectivity index (χ0v) is 13.4. The van der Waals surface area contributed by atoms with E-state index in [4.69, 9.17) is 9.52 Å². The normalized spacial score (nSPS) is 25.7. The molecule has 5 nitrogen and oxygen atoms in total. The highest BCUT2D eigenvalue weighted by Crippen LogP contribution is 2.33. The average Bonchev–Trinajstić information content (AvgIpc) is 2.74. The van der Waals surface area contributed by atoms with E-state index in [1.807, 2.05) is 6.92 Å². The number of piperidine rings is 1. The monoisotopic (exact) mass is 351 g/mol. The van der Waals surface area contributed by atoms with E-state index in [1.54, 1.807) is 0 Å². The number of furan rings is 1. The third kappa shape index (κ3) is 2.89. The smallest absolute Gasteiger partial charge is 0.247 e. The van der Waals surface area contributed by atoms with Crippen LogP contribution >= 0.6 is 15.9 Å². The van der Waals surface area contributed by atoms with E-state index in [0.717, 1.165) is 12.8 Å². The average molecular weight is 352 g/mol. The second-order valence-electron chi connectivity index (χ2n) is 5.12. The Morgan fingerprint density at radius 3 is 2.74 bits per heavy atom. The zero-order chi connectivity index (χ0) is 14.2. The van der Waals surface area contributed by atoms with Gasteiger partial charge in [-0.3, -0.25) is 0 Å². The lowest BCUT2D eigenvalue weighted by atomic mass is 9.97. The van der Waals surface area contributed by atoms with Gasteiger partial charge < -0.3 is 9.52 Å². The molecule has 0 radical (unpaired) electrons. The van der Waals surface area contributed by atoms with Gasteiger partial charge in [-0.05, 0) is 41.6 Å². The number of nitrogens with zero attached hydrogens (tertiary/aromatic N) is 1. The van der Waals surface area contributed by atoms with Gasteiger partial charge in [-0.1, -0.05) is 6.92 Å². The number of rotatable bonds is 3. The second kappa shape index (κ2) is 5.55. The SMILES string of the molecule is CC1CCC(C)N(S(=O)(=O)c2cc(CO)oc2Br)C1. The van der Waals surface area contributed by atoms with E-state index in [2.05, 4.69) is 22.9 Å². The summed E-state index contributed by atoms with van der Waals surface area (Å²) >= 11 is 3.11. The maximum atomic E-state index is 12.6. The molecule has 1 saturated heterocycles. The van der Waals surface area contributed by atoms with Crippen LogP contribution in [0.4, 0.5) is 0 Å². The molecule has 0 amide bonds. The summed E-state index contributed by atoms with van der Waals surface area (Å²) in [4.78, 5) is 0.0949. The van der Waals surface area contributed by atoms with Gasteiger partial charge in [-0.25, -0.2) is 8.42 Å². The lowest BCUT2D eigenvalue weighted by molar-refractivity contribution is 0.217. The number of aliphatic hydroxyl groups is 1. The lowest BCUT2D eigenvalue weighted by Gasteiger charge is -2.35. The minimum Gasteiger partial charge on any atom is -0.450 e. The molecule has 2 rings (SSSR count). The fourth-order valence-corrected chi connectivity index (χ4v) is 5.10. The van der Waals surface area contributed by atoms with Crippen LogP contribution in [-0.4, -0.2) is 30.4 Å². The first-order valence-corrected chi connectivity index (χ1v) is 8.50. The Balaban J connectivity index is 2.37. The standard InChI is InChI=1S/C12H18BrNO4S/c1-8-3-4-9(2)14(6-8)19(16,17)11-5-10(7-15)18-12(11)13/h5,8-9,15H,3-4,6-7H2,1-2H3. The van der Waals surface area contributed by atoms with Crippen LogP contribution in [0.1, 0.15) is 32.4 Å². The highest BCUT2D eigenvalue weighted by molar-refractivity contribution is 9.10. The van der Waals surface area contributed by atoms with Crippen molar-refractivity contribution in [1.82, 2.24) is 4.31 Å². The summed E-state index contributed by atoms with van der Waals surface area (Å²) in [6.07, 6.45) is 1.91. The molecule has 1 aliphatic rings. The van der Waals surface area contributed by atoms with Gasteiger partial charge in [-0.2, -0.15) is 4.31 Å². The van der Waals surface area contributed by atoms with Crippen molar-refractivity contribution in [1.29, 1.82) is 0 Å². The van der Waals surface area contributed by atoms with Crippen molar-refractivity contribution in [2.24, 2.45) is 5.92 Å². The summed E-state index contributed by atoms with van der Waals surface area (Å²) < 4.78 is 32.1. The third-order valence-corrected chi connectivity index (χ3v) is 6.35. The summed E-state index contributed by atoms with van der Waals surface area (Å²) in [5.41, 5.74) is 0. The number of aliphatic hydroxyl groups excluding tert-OH is 1. The maximum Gasteiger partial charge on any atom is 0.247 e. The molecule has 2 unspecified atom stereocenters. The van der Waals surface area contributed by atoms with Gasteiger partial charge in [0, 0.05) is 18.7 Å². The maximum absolute atomic E-state index is 12.6. The molecule has 1 aliphatic heterocycles. The van der Waals surface area contributed by atoms with Crippen LogP contribution in [0.2, 0.25) is 0 Å². The van der Waals surface area contributed by atoms with Gasteiger partial charge in [-0.15, -0.1) is 0 Å². The number of sulfonamides is 1. The topological polar surface area (TPSA) is 70.8 Å². The molecule has 0 bridgehead atoms. The molecule has 0 aromatic carbocycles. The largest absolute Gasteiger partial charge is 0.450 e. The first-order valence-electron chi connectivity index (χ1n) is 6.27. The lowest BCUT2D eigenvalue weighted by Crippen LogP contribution is -2.44. The fourth-order valence-electron chi connectivity index (χ4n) is 2.36. The molecule has 19 heavy (non-hydrogen) atoms. The van der Waals surface area contributed by atoms with E-state index < -0.39 is 10.0 Å². The minimum absolute atomic E-state index is 0.0134. The molecule has 1 fully saturated rings. The Kier molecular flexibility index (Phi) is 4.39. The third-order valence-electron chi connectivity index (χ3n) is 3.51. The van der Waals surface area contributed by atoms with Gasteiger partial charge in [0.05, 0.1) is 0 Å². The van der Waals surface area contributed by atoms with E-state index in [9.17, 15) is 8.42 Å². The first kappa shape index (κ1) is 15.0. The Morgan fingerprint density at radius 2 is 2.16 bits per heavy atom. The predicted molar refractivity (Wildman–Crippen MR) is 74.1 cm³/mol. The van der Waals surface area contributed by atoms with E-state index >= 15 is 0 Å². The highest BCUT2D eigenvalue weighted by Gasteiger charge is 2.36. The van der Waals surface area contributed by atoms with Crippen molar-refractivity contribution in [2.75, 3.05) is 6.54 Å². The molecular formula is C12H18BrNO4S. The van der Waals surface area contributed by atoms with Gasteiger partial charge in [0.1, 0.15) is 17.3 Å². The van der Waals surface area contributed by atoms with Crippen LogP contribution in [0, 0.1) is 5.92 Å². The van der Waals surface area contributed by atoms with Gasteiger partial charge in [0.2, 0.25) is 10.0 Å². The van der Waals surface area contributed by atoms with Crippen LogP contribution in [0.15, 0.2) is 20.0 Å². The summed E-state index contributed by atoms with van der Waals surface area (Å²) in [7, 11) is -3.58. The van der Waals surface area contributed by atoms with Gasteiger partial charge >= 0.3 is 0 Å². The van der Waals surface area contributed by atoms with Crippen molar-refractivity contribution in [3.8, 4) is 0 Å². The molecule has 1 N–H and O–H groups in total. The van der Waals surface area contributed by atoms with E-state index in [0.29, 0.717) is 12.5 Å². The van der Waals surface area contributed by atoms with Crippen LogP contribution in [0.3, 0.4) is 0 Å². The Hall–Kier alpha value is -0.370. The van der Waals surface area contributed by atoms with Crippen molar-refractivity contribution >= 4 is 26.0 Å². The molecule has 1 aromatic heterocycles. The molecule has 0 aliphatic carbocycles. The summed E-state index contributed by atoms with van der Waals surface area (Å²) in [5.74, 6) is 0.595. The van der Waals surface area contributed by atoms with Crippen LogP contribution < -0.4 is 0 Å². The van der Waals surface area contributed by atoms with Crippen molar-refractivity contribution in [2.45, 2.75) is 44.2 Å². The van der Waals surface area contributed by atoms with Crippen LogP contribution in [0.25, 0.3) is 0 Å². The van der Waals surface area contributed by atoms with Crippen LogP contribution in [-0.2, 0) is 16.6 Å². The zero-order valence-electron chi connectivity index (χ0n) is 11.0. The Bertz CT molecular complexity index is 554. The van der Waals surface area contributed by atoms with Crippen molar-refractivity contribution in [3.05, 3.63) is 16.5 Å². The summed E-state index contributed by atoms with van der Waals surface area (Å²) in [5, 5.41) is 9.02. The first-order chi connectivity index (χ1) is 8.86. The molecule has 7 heteroatoms. The van der Waals surface area contributed by atoms with Crippen molar-refractivity contribution in [3.63, 3.8) is 0 Å². The molecule has 2 atom stereocenters. The highest BCUT2D eigenvalue weighted by atomic mass is 79.9. The van der Waals surface area contributed by atoms with E-state index in [1.165, 1.54) is 10.4 Å². The fraction of sp³-hybridized carbons (Fsp3) is 0.667. The summed E-state index contributed by atoms with van der Waals surface area (Å²) in [6, 6.07) is 1.37. The number of hydrogen-bond acceptors (Lipinski definition) is 4. The Labute approximate surface area is 121 Å². The van der Waals surface area contributed by atoms with Gasteiger partial charge in [0.25, 0.3) is 0 Å². The summed E-state index contributed by atoms with van der Waals surface area (Å²) in [6.45, 7) is 4.18. The predicted octanol–water partition coefficient (Wildman–Crippen LogP) is 2.34. The molecule has 108 valence electrons. The number of hydrogen-bond donors (Lipinski definition) is 1. The number of halogens is 1. The molecule has 1 aromatic rings. The van der Waals surface area contributed by atoms with E-state index in [-0.39, 0.29) is 28.0 Å². The molecule has 0 spiro atoms. The van der Waals surface area contributed by atoms with Gasteiger partial charge in [0.15, 0.2) is 4.67 Å².